The summed E-state index contributed by atoms with van der Waals surface area (Å²) in [5.41, 5.74) is 4.60. The highest BCUT2D eigenvalue weighted by atomic mass is 35.5. The van der Waals surface area contributed by atoms with E-state index in [9.17, 15) is 4.79 Å². The Bertz CT molecular complexity index is 964. The van der Waals surface area contributed by atoms with Crippen molar-refractivity contribution >= 4 is 17.5 Å². The van der Waals surface area contributed by atoms with Crippen LogP contribution in [0, 0.1) is 0 Å². The van der Waals surface area contributed by atoms with E-state index in [0.717, 1.165) is 37.5 Å². The van der Waals surface area contributed by atoms with E-state index in [4.69, 9.17) is 11.6 Å². The van der Waals surface area contributed by atoms with Crippen LogP contribution in [0.2, 0.25) is 5.02 Å². The number of amides is 1. The minimum absolute atomic E-state index is 0.0248. The van der Waals surface area contributed by atoms with E-state index in [0.29, 0.717) is 18.0 Å². The maximum atomic E-state index is 12.4. The summed E-state index contributed by atoms with van der Waals surface area (Å²) >= 11 is 6.00. The van der Waals surface area contributed by atoms with E-state index < -0.39 is 0 Å². The highest BCUT2D eigenvalue weighted by Crippen LogP contribution is 2.31. The van der Waals surface area contributed by atoms with E-state index >= 15 is 0 Å². The number of halogens is 1. The van der Waals surface area contributed by atoms with Gasteiger partial charge in [-0.25, -0.2) is 0 Å². The van der Waals surface area contributed by atoms with Gasteiger partial charge in [-0.15, -0.1) is 0 Å². The molecule has 4 heteroatoms. The third kappa shape index (κ3) is 5.29. The first kappa shape index (κ1) is 20.6. The zero-order valence-electron chi connectivity index (χ0n) is 17.1. The Morgan fingerprint density at radius 3 is 2.30 bits per heavy atom. The van der Waals surface area contributed by atoms with E-state index in [-0.39, 0.29) is 5.91 Å². The minimum Gasteiger partial charge on any atom is -0.348 e. The number of benzene rings is 3. The second-order valence-corrected chi connectivity index (χ2v) is 8.36. The Morgan fingerprint density at radius 2 is 1.57 bits per heavy atom. The quantitative estimate of drug-likeness (QED) is 0.561. The number of nitrogens with one attached hydrogen (secondary N) is 1. The van der Waals surface area contributed by atoms with Crippen molar-refractivity contribution in [3.05, 3.63) is 106 Å². The lowest BCUT2D eigenvalue weighted by Crippen LogP contribution is -2.33. The average Bonchev–Trinajstić information content (AvgIpc) is 2.80. The summed E-state index contributed by atoms with van der Waals surface area (Å²) in [6, 6.07) is 26.1. The molecule has 1 fully saturated rings. The number of piperidine rings is 1. The van der Waals surface area contributed by atoms with Crippen LogP contribution in [0.1, 0.15) is 45.8 Å². The molecule has 3 nitrogen and oxygen atoms in total. The smallest absolute Gasteiger partial charge is 0.251 e. The van der Waals surface area contributed by atoms with Crippen LogP contribution >= 0.6 is 11.6 Å². The van der Waals surface area contributed by atoms with Crippen LogP contribution in [0.4, 0.5) is 0 Å². The molecule has 0 saturated carbocycles. The van der Waals surface area contributed by atoms with Gasteiger partial charge in [-0.3, -0.25) is 9.69 Å². The third-order valence-corrected chi connectivity index (χ3v) is 6.13. The molecule has 1 amide bonds. The van der Waals surface area contributed by atoms with Gasteiger partial charge in [0.15, 0.2) is 0 Å². The summed E-state index contributed by atoms with van der Waals surface area (Å²) in [6.07, 6.45) is 2.27. The molecule has 0 radical (unpaired) electrons. The lowest BCUT2D eigenvalue weighted by molar-refractivity contribution is 0.0950. The normalized spacial score (nSPS) is 15.1. The molecule has 0 bridgehead atoms. The van der Waals surface area contributed by atoms with E-state index in [1.807, 2.05) is 42.5 Å². The van der Waals surface area contributed by atoms with E-state index in [1.165, 1.54) is 16.7 Å². The Labute approximate surface area is 183 Å². The fourth-order valence-electron chi connectivity index (χ4n) is 4.21. The highest BCUT2D eigenvalue weighted by Gasteiger charge is 2.22. The Hall–Kier alpha value is -2.62. The summed E-state index contributed by atoms with van der Waals surface area (Å²) in [5, 5.41) is 3.87. The van der Waals surface area contributed by atoms with Crippen molar-refractivity contribution in [2.24, 2.45) is 0 Å². The molecule has 1 heterocycles. The van der Waals surface area contributed by atoms with Crippen LogP contribution in [-0.2, 0) is 13.1 Å². The first-order valence-corrected chi connectivity index (χ1v) is 10.9. The molecule has 3 aromatic carbocycles. The Morgan fingerprint density at radius 1 is 0.900 bits per heavy atom. The third-order valence-electron chi connectivity index (χ3n) is 5.88. The van der Waals surface area contributed by atoms with Crippen molar-refractivity contribution in [3.8, 4) is 0 Å². The molecular weight excluding hydrogens is 392 g/mol. The second kappa shape index (κ2) is 9.92. The average molecular weight is 419 g/mol. The largest absolute Gasteiger partial charge is 0.348 e. The first-order valence-electron chi connectivity index (χ1n) is 10.6. The van der Waals surface area contributed by atoms with Crippen LogP contribution in [0.3, 0.4) is 0 Å². The molecule has 154 valence electrons. The zero-order valence-corrected chi connectivity index (χ0v) is 17.8. The molecule has 4 rings (SSSR count). The molecule has 1 aliphatic rings. The summed E-state index contributed by atoms with van der Waals surface area (Å²) < 4.78 is 0. The summed E-state index contributed by atoms with van der Waals surface area (Å²) in [5.74, 6) is 0.513. The molecule has 0 unspecified atom stereocenters. The number of hydrogen-bond acceptors (Lipinski definition) is 2. The number of rotatable bonds is 6. The molecule has 0 aromatic heterocycles. The van der Waals surface area contributed by atoms with Gasteiger partial charge in [0.05, 0.1) is 0 Å². The molecule has 1 saturated heterocycles. The molecule has 30 heavy (non-hydrogen) atoms. The number of nitrogens with zero attached hydrogens (tertiary/aromatic N) is 1. The van der Waals surface area contributed by atoms with Gasteiger partial charge in [0, 0.05) is 23.7 Å². The molecule has 0 aliphatic carbocycles. The van der Waals surface area contributed by atoms with Gasteiger partial charge in [0.2, 0.25) is 0 Å². The first-order chi connectivity index (χ1) is 14.7. The molecule has 1 N–H and O–H groups in total. The standard InChI is InChI=1S/C26H27ClN2O/c27-24-12-10-20(11-13-24)19-29-16-14-21(15-17-29)25-9-5-4-8-23(25)18-28-26(30)22-6-2-1-3-7-22/h1-13,21H,14-19H2,(H,28,30). The van der Waals surface area contributed by atoms with Crippen LogP contribution in [0.15, 0.2) is 78.9 Å². The van der Waals surface area contributed by atoms with Crippen LogP contribution < -0.4 is 5.32 Å². The minimum atomic E-state index is -0.0248. The van der Waals surface area contributed by atoms with Gasteiger partial charge in [-0.05, 0) is 72.8 Å². The number of likely N-dealkylation sites (tertiary alicyclic amines) is 1. The number of carbonyl (C=O) groups excluding carboxylic acids is 1. The lowest BCUT2D eigenvalue weighted by Gasteiger charge is -2.33. The van der Waals surface area contributed by atoms with Gasteiger partial charge in [-0.1, -0.05) is 66.2 Å². The second-order valence-electron chi connectivity index (χ2n) is 7.92. The molecular formula is C26H27ClN2O. The van der Waals surface area contributed by atoms with E-state index in [2.05, 4.69) is 46.6 Å². The number of carbonyl (C=O) groups is 1. The van der Waals surface area contributed by atoms with Crippen molar-refractivity contribution in [3.63, 3.8) is 0 Å². The predicted molar refractivity (Wildman–Crippen MR) is 123 cm³/mol. The van der Waals surface area contributed by atoms with Crippen LogP contribution in [-0.4, -0.2) is 23.9 Å². The van der Waals surface area contributed by atoms with Gasteiger partial charge in [0.25, 0.3) is 5.91 Å². The number of hydrogen-bond donors (Lipinski definition) is 1. The predicted octanol–water partition coefficient (Wildman–Crippen LogP) is 5.65. The molecule has 1 aliphatic heterocycles. The van der Waals surface area contributed by atoms with Crippen molar-refractivity contribution in [2.75, 3.05) is 13.1 Å². The summed E-state index contributed by atoms with van der Waals surface area (Å²) in [4.78, 5) is 14.9. The highest BCUT2D eigenvalue weighted by molar-refractivity contribution is 6.30. The molecule has 0 atom stereocenters. The fourth-order valence-corrected chi connectivity index (χ4v) is 4.34. The van der Waals surface area contributed by atoms with Gasteiger partial charge in [-0.2, -0.15) is 0 Å². The van der Waals surface area contributed by atoms with Gasteiger partial charge < -0.3 is 5.32 Å². The van der Waals surface area contributed by atoms with E-state index in [1.54, 1.807) is 0 Å². The molecule has 0 spiro atoms. The van der Waals surface area contributed by atoms with Crippen molar-refractivity contribution in [1.82, 2.24) is 10.2 Å². The monoisotopic (exact) mass is 418 g/mol. The Balaban J connectivity index is 1.35. The SMILES string of the molecule is O=C(NCc1ccccc1C1CCN(Cc2ccc(Cl)cc2)CC1)c1ccccc1. The molecule has 3 aromatic rings. The summed E-state index contributed by atoms with van der Waals surface area (Å²) in [7, 11) is 0. The van der Waals surface area contributed by atoms with Crippen molar-refractivity contribution in [1.29, 1.82) is 0 Å². The summed E-state index contributed by atoms with van der Waals surface area (Å²) in [6.45, 7) is 3.70. The fraction of sp³-hybridized carbons (Fsp3) is 0.269. The van der Waals surface area contributed by atoms with Crippen LogP contribution in [0.5, 0.6) is 0 Å². The van der Waals surface area contributed by atoms with Crippen molar-refractivity contribution in [2.45, 2.75) is 31.8 Å². The maximum Gasteiger partial charge on any atom is 0.251 e. The van der Waals surface area contributed by atoms with Crippen molar-refractivity contribution < 1.29 is 4.79 Å². The maximum absolute atomic E-state index is 12.4. The van der Waals surface area contributed by atoms with Gasteiger partial charge >= 0.3 is 0 Å². The Kier molecular flexibility index (Phi) is 6.83. The topological polar surface area (TPSA) is 32.3 Å². The zero-order chi connectivity index (χ0) is 20.8. The lowest BCUT2D eigenvalue weighted by atomic mass is 9.86. The van der Waals surface area contributed by atoms with Gasteiger partial charge in [0.1, 0.15) is 0 Å². The van der Waals surface area contributed by atoms with Crippen LogP contribution in [0.25, 0.3) is 0 Å².